The lowest BCUT2D eigenvalue weighted by atomic mass is 10.2. The minimum absolute atomic E-state index is 0.0301. The zero-order valence-corrected chi connectivity index (χ0v) is 10.1. The summed E-state index contributed by atoms with van der Waals surface area (Å²) in [5.41, 5.74) is 0. The van der Waals surface area contributed by atoms with Crippen LogP contribution >= 0.6 is 0 Å². The van der Waals surface area contributed by atoms with E-state index >= 15 is 0 Å². The van der Waals surface area contributed by atoms with E-state index in [1.807, 2.05) is 20.8 Å². The highest BCUT2D eigenvalue weighted by Crippen LogP contribution is 2.50. The number of hydrogen-bond acceptors (Lipinski definition) is 3. The van der Waals surface area contributed by atoms with Crippen LogP contribution in [0.25, 0.3) is 0 Å². The van der Waals surface area contributed by atoms with E-state index in [1.54, 1.807) is 4.31 Å². The van der Waals surface area contributed by atoms with Crippen molar-refractivity contribution in [1.82, 2.24) is 4.31 Å². The van der Waals surface area contributed by atoms with Gasteiger partial charge in [0.25, 0.3) is 0 Å². The average Bonchev–Trinajstić information content (AvgIpc) is 2.94. The highest BCUT2D eigenvalue weighted by Gasteiger charge is 2.67. The van der Waals surface area contributed by atoms with E-state index in [-0.39, 0.29) is 10.8 Å². The highest BCUT2D eigenvalue weighted by atomic mass is 32.2. The van der Waals surface area contributed by atoms with Gasteiger partial charge < -0.3 is 9.66 Å². The second-order valence-electron chi connectivity index (χ2n) is 5.33. The summed E-state index contributed by atoms with van der Waals surface area (Å²) < 4.78 is 13.4. The van der Waals surface area contributed by atoms with Crippen molar-refractivity contribution in [2.45, 2.75) is 50.4 Å². The molecule has 0 amide bonds. The zero-order chi connectivity index (χ0) is 11.4. The van der Waals surface area contributed by atoms with Crippen LogP contribution in [0.3, 0.4) is 0 Å². The van der Waals surface area contributed by atoms with E-state index in [9.17, 15) is 9.35 Å². The molecule has 4 nitrogen and oxygen atoms in total. The fourth-order valence-electron chi connectivity index (χ4n) is 1.92. The number of hydrogen-bond donors (Lipinski definition) is 1. The van der Waals surface area contributed by atoms with Crippen LogP contribution < -0.4 is 0 Å². The lowest BCUT2D eigenvalue weighted by molar-refractivity contribution is -0.137. The molecule has 5 heteroatoms. The van der Waals surface area contributed by atoms with Crippen LogP contribution in [0.5, 0.6) is 0 Å². The Morgan fingerprint density at radius 3 is 2.33 bits per heavy atom. The molecule has 2 fully saturated rings. The molecule has 1 aliphatic carbocycles. The fourth-order valence-corrected chi connectivity index (χ4v) is 3.42. The van der Waals surface area contributed by atoms with Gasteiger partial charge in [-0.15, -0.1) is 4.31 Å². The highest BCUT2D eigenvalue weighted by molar-refractivity contribution is 7.90. The second kappa shape index (κ2) is 3.37. The molecule has 2 rings (SSSR count). The maximum absolute atomic E-state index is 12.1. The third-order valence-corrected chi connectivity index (χ3v) is 4.78. The predicted molar refractivity (Wildman–Crippen MR) is 57.7 cm³/mol. The van der Waals surface area contributed by atoms with Crippen molar-refractivity contribution in [3.05, 3.63) is 0 Å². The molecule has 1 saturated heterocycles. The van der Waals surface area contributed by atoms with Crippen LogP contribution in [-0.2, 0) is 16.2 Å². The van der Waals surface area contributed by atoms with Crippen molar-refractivity contribution in [3.8, 4) is 0 Å². The minimum Gasteiger partial charge on any atom is -0.597 e. The molecule has 2 aliphatic rings. The van der Waals surface area contributed by atoms with Gasteiger partial charge in [-0.3, -0.25) is 4.79 Å². The van der Waals surface area contributed by atoms with E-state index in [0.717, 1.165) is 12.8 Å². The first-order valence-electron chi connectivity index (χ1n) is 5.27. The third kappa shape index (κ3) is 2.00. The molecule has 4 atom stereocenters. The molecule has 0 unspecified atom stereocenters. The Morgan fingerprint density at radius 2 is 2.00 bits per heavy atom. The Balaban J connectivity index is 2.06. The smallest absolute Gasteiger partial charge is 0.327 e. The van der Waals surface area contributed by atoms with Crippen LogP contribution in [0, 0.1) is 5.92 Å². The van der Waals surface area contributed by atoms with E-state index in [0.29, 0.717) is 5.92 Å². The number of aliphatic carboxylic acids is 1. The molecule has 15 heavy (non-hydrogen) atoms. The van der Waals surface area contributed by atoms with Crippen LogP contribution in [0.2, 0.25) is 0 Å². The van der Waals surface area contributed by atoms with Crippen LogP contribution in [0.15, 0.2) is 0 Å². The maximum atomic E-state index is 12.1. The van der Waals surface area contributed by atoms with Gasteiger partial charge in [0, 0.05) is 11.4 Å². The zero-order valence-electron chi connectivity index (χ0n) is 9.27. The van der Waals surface area contributed by atoms with Crippen LogP contribution in [0.4, 0.5) is 0 Å². The van der Waals surface area contributed by atoms with Crippen molar-refractivity contribution in [2.75, 3.05) is 0 Å². The molecule has 1 aliphatic heterocycles. The molecular formula is C10H17NO3S. The monoisotopic (exact) mass is 231 g/mol. The summed E-state index contributed by atoms with van der Waals surface area (Å²) in [7, 11) is 0. The standard InChI is InChI=1S/C10H17NO3S/c1-10(2,3)15(14)11-7(6-4-5-6)8(11)9(12)13/h6-8H,4-5H2,1-3H3,(H,12,13)/t7-,8-,11-,15-/m1/s1. The van der Waals surface area contributed by atoms with Gasteiger partial charge >= 0.3 is 5.97 Å². The largest absolute Gasteiger partial charge is 0.597 e. The number of rotatable bonds is 3. The van der Waals surface area contributed by atoms with E-state index in [4.69, 9.17) is 5.11 Å². The molecule has 1 heterocycles. The molecular weight excluding hydrogens is 214 g/mol. The van der Waals surface area contributed by atoms with Gasteiger partial charge in [-0.2, -0.15) is 0 Å². The lowest BCUT2D eigenvalue weighted by Gasteiger charge is -2.24. The fraction of sp³-hybridized carbons (Fsp3) is 0.900. The number of nitrogens with zero attached hydrogens (tertiary/aromatic N) is 1. The molecule has 0 bridgehead atoms. The molecule has 0 aromatic rings. The molecule has 0 aromatic heterocycles. The maximum Gasteiger partial charge on any atom is 0.327 e. The van der Waals surface area contributed by atoms with Crippen molar-refractivity contribution >= 4 is 17.3 Å². The summed E-state index contributed by atoms with van der Waals surface area (Å²) in [4.78, 5) is 11.0. The van der Waals surface area contributed by atoms with E-state index < -0.39 is 23.4 Å². The average molecular weight is 231 g/mol. The number of carboxylic acids is 1. The summed E-state index contributed by atoms with van der Waals surface area (Å²) in [5, 5.41) is 9.01. The van der Waals surface area contributed by atoms with Gasteiger partial charge in [0.2, 0.25) is 0 Å². The molecule has 86 valence electrons. The summed E-state index contributed by atoms with van der Waals surface area (Å²) in [6.45, 7) is 5.64. The summed E-state index contributed by atoms with van der Waals surface area (Å²) in [6, 6.07) is -0.472. The van der Waals surface area contributed by atoms with Gasteiger partial charge in [-0.1, -0.05) is 0 Å². The Bertz CT molecular complexity index is 285. The quantitative estimate of drug-likeness (QED) is 0.581. The Hall–Kier alpha value is -0.260. The van der Waals surface area contributed by atoms with Gasteiger partial charge in [0.05, 0.1) is 6.04 Å². The first-order chi connectivity index (χ1) is 6.84. The normalized spacial score (nSPS) is 37.5. The minimum atomic E-state index is -1.19. The van der Waals surface area contributed by atoms with Crippen molar-refractivity contribution < 1.29 is 14.5 Å². The number of carbonyl (C=O) groups is 1. The van der Waals surface area contributed by atoms with Crippen molar-refractivity contribution in [1.29, 1.82) is 0 Å². The summed E-state index contributed by atoms with van der Waals surface area (Å²) in [6.07, 6.45) is 2.18. The van der Waals surface area contributed by atoms with Crippen LogP contribution in [-0.4, -0.2) is 36.8 Å². The number of carboxylic acid groups (broad SMARTS) is 1. The first-order valence-corrected chi connectivity index (χ1v) is 6.38. The first kappa shape index (κ1) is 11.2. The summed E-state index contributed by atoms with van der Waals surface area (Å²) >= 11 is -1.19. The predicted octanol–water partition coefficient (Wildman–Crippen LogP) is 0.996. The lowest BCUT2D eigenvalue weighted by Crippen LogP contribution is -2.36. The molecule has 0 aromatic carbocycles. The van der Waals surface area contributed by atoms with Gasteiger partial charge in [-0.25, -0.2) is 0 Å². The Morgan fingerprint density at radius 1 is 1.47 bits per heavy atom. The van der Waals surface area contributed by atoms with Crippen LogP contribution in [0.1, 0.15) is 33.6 Å². The summed E-state index contributed by atoms with van der Waals surface area (Å²) in [5.74, 6) is -0.359. The molecule has 1 N–H and O–H groups in total. The topological polar surface area (TPSA) is 63.4 Å². The van der Waals surface area contributed by atoms with E-state index in [2.05, 4.69) is 0 Å². The van der Waals surface area contributed by atoms with Gasteiger partial charge in [0.1, 0.15) is 4.75 Å². The van der Waals surface area contributed by atoms with Crippen molar-refractivity contribution in [2.24, 2.45) is 5.92 Å². The second-order valence-corrected chi connectivity index (χ2v) is 7.48. The SMILES string of the molecule is CC(C)(C)[S@@+]([O-])[N@]1[C@H](C2CC2)[C@@H]1C(=O)O. The third-order valence-electron chi connectivity index (χ3n) is 2.88. The molecule has 1 saturated carbocycles. The molecule has 0 radical (unpaired) electrons. The van der Waals surface area contributed by atoms with E-state index in [1.165, 1.54) is 0 Å². The Kier molecular flexibility index (Phi) is 2.52. The van der Waals surface area contributed by atoms with Gasteiger partial charge in [-0.05, 0) is 39.5 Å². The van der Waals surface area contributed by atoms with Gasteiger partial charge in [0.15, 0.2) is 6.04 Å². The Labute approximate surface area is 93.0 Å². The molecule has 0 spiro atoms. The van der Waals surface area contributed by atoms with Crippen molar-refractivity contribution in [3.63, 3.8) is 0 Å².